The van der Waals surface area contributed by atoms with E-state index < -0.39 is 29.1 Å². The molecule has 1 aliphatic rings. The number of hydrogen-bond acceptors (Lipinski definition) is 4. The van der Waals surface area contributed by atoms with Crippen LogP contribution in [0.5, 0.6) is 0 Å². The molecule has 1 aliphatic heterocycles. The summed E-state index contributed by atoms with van der Waals surface area (Å²) in [5, 5.41) is -0.456. The lowest BCUT2D eigenvalue weighted by Gasteiger charge is -2.28. The van der Waals surface area contributed by atoms with Gasteiger partial charge in [-0.25, -0.2) is 13.6 Å². The normalized spacial score (nSPS) is 19.7. The minimum Gasteiger partial charge on any atom is -0.467 e. The lowest BCUT2D eigenvalue weighted by molar-refractivity contribution is -0.145. The quantitative estimate of drug-likeness (QED) is 0.785. The van der Waals surface area contributed by atoms with Crippen LogP contribution in [0.2, 0.25) is 0 Å². The Bertz CT molecular complexity index is 780. The van der Waals surface area contributed by atoms with Gasteiger partial charge in [-0.1, -0.05) is 12.1 Å². The van der Waals surface area contributed by atoms with E-state index in [1.165, 1.54) is 60.2 Å². The van der Waals surface area contributed by atoms with Gasteiger partial charge < -0.3 is 9.64 Å². The molecule has 3 rings (SSSR count). The standard InChI is InChI=1S/C18H15F2NO3S/c1-24-18(23)15-10-25-17(12-4-8-14(20)9-5-12)21(15)16(22)11-2-6-13(19)7-3-11/h2-9,15,17H,10H2,1H3. The maximum atomic E-state index is 13.2. The van der Waals surface area contributed by atoms with E-state index in [9.17, 15) is 18.4 Å². The van der Waals surface area contributed by atoms with Crippen LogP contribution in [0, 0.1) is 11.6 Å². The van der Waals surface area contributed by atoms with E-state index in [2.05, 4.69) is 0 Å². The Labute approximate surface area is 147 Å². The van der Waals surface area contributed by atoms with Crippen molar-refractivity contribution in [3.05, 3.63) is 71.3 Å². The third-order valence-corrected chi connectivity index (χ3v) is 5.28. The first-order chi connectivity index (χ1) is 12.0. The lowest BCUT2D eigenvalue weighted by atomic mass is 10.1. The highest BCUT2D eigenvalue weighted by Gasteiger charge is 2.43. The van der Waals surface area contributed by atoms with Crippen LogP contribution >= 0.6 is 11.8 Å². The van der Waals surface area contributed by atoms with Gasteiger partial charge in [-0.3, -0.25) is 4.79 Å². The molecule has 2 aromatic rings. The number of ether oxygens (including phenoxy) is 1. The van der Waals surface area contributed by atoms with Crippen molar-refractivity contribution in [2.75, 3.05) is 12.9 Å². The first kappa shape index (κ1) is 17.4. The highest BCUT2D eigenvalue weighted by molar-refractivity contribution is 7.99. The number of halogens is 2. The van der Waals surface area contributed by atoms with E-state index in [0.29, 0.717) is 11.3 Å². The Balaban J connectivity index is 1.97. The van der Waals surface area contributed by atoms with Gasteiger partial charge in [-0.05, 0) is 42.0 Å². The number of carbonyl (C=O) groups is 2. The van der Waals surface area contributed by atoms with Crippen LogP contribution in [0.3, 0.4) is 0 Å². The van der Waals surface area contributed by atoms with Gasteiger partial charge in [0, 0.05) is 11.3 Å². The van der Waals surface area contributed by atoms with Crippen molar-refractivity contribution in [1.82, 2.24) is 4.90 Å². The molecule has 1 fully saturated rings. The van der Waals surface area contributed by atoms with Crippen molar-refractivity contribution < 1.29 is 23.1 Å². The second-order valence-electron chi connectivity index (χ2n) is 5.50. The molecule has 25 heavy (non-hydrogen) atoms. The fraction of sp³-hybridized carbons (Fsp3) is 0.222. The van der Waals surface area contributed by atoms with Gasteiger partial charge >= 0.3 is 5.97 Å². The summed E-state index contributed by atoms with van der Waals surface area (Å²) in [4.78, 5) is 26.5. The van der Waals surface area contributed by atoms with Gasteiger partial charge in [-0.2, -0.15) is 0 Å². The minimum atomic E-state index is -0.761. The smallest absolute Gasteiger partial charge is 0.329 e. The molecule has 4 nitrogen and oxygen atoms in total. The summed E-state index contributed by atoms with van der Waals surface area (Å²) in [6, 6.07) is 10.1. The molecule has 0 radical (unpaired) electrons. The monoisotopic (exact) mass is 363 g/mol. The summed E-state index contributed by atoms with van der Waals surface area (Å²) in [6.45, 7) is 0. The van der Waals surface area contributed by atoms with Crippen molar-refractivity contribution in [1.29, 1.82) is 0 Å². The molecule has 0 spiro atoms. The summed E-state index contributed by atoms with van der Waals surface area (Å²) in [5.74, 6) is -1.40. The zero-order valence-electron chi connectivity index (χ0n) is 13.3. The molecule has 130 valence electrons. The molecule has 7 heteroatoms. The summed E-state index contributed by atoms with van der Waals surface area (Å²) in [5.41, 5.74) is 0.971. The highest BCUT2D eigenvalue weighted by atomic mass is 32.2. The molecule has 0 aliphatic carbocycles. The molecule has 2 unspecified atom stereocenters. The van der Waals surface area contributed by atoms with Crippen LogP contribution < -0.4 is 0 Å². The van der Waals surface area contributed by atoms with Crippen molar-refractivity contribution in [3.63, 3.8) is 0 Å². The molecular formula is C18H15F2NO3S. The fourth-order valence-electron chi connectivity index (χ4n) is 2.70. The Morgan fingerprint density at radius 2 is 1.60 bits per heavy atom. The lowest BCUT2D eigenvalue weighted by Crippen LogP contribution is -2.43. The van der Waals surface area contributed by atoms with Crippen LogP contribution in [0.15, 0.2) is 48.5 Å². The predicted octanol–water partition coefficient (Wildman–Crippen LogP) is 3.39. The van der Waals surface area contributed by atoms with Crippen molar-refractivity contribution in [2.45, 2.75) is 11.4 Å². The highest BCUT2D eigenvalue weighted by Crippen LogP contribution is 2.42. The molecule has 0 aromatic heterocycles. The fourth-order valence-corrected chi connectivity index (χ4v) is 4.11. The average molecular weight is 363 g/mol. The summed E-state index contributed by atoms with van der Waals surface area (Å²) < 4.78 is 31.1. The molecule has 0 bridgehead atoms. The summed E-state index contributed by atoms with van der Waals surface area (Å²) in [7, 11) is 1.26. The van der Waals surface area contributed by atoms with Gasteiger partial charge in [0.25, 0.3) is 5.91 Å². The zero-order valence-corrected chi connectivity index (χ0v) is 14.1. The van der Waals surface area contributed by atoms with Gasteiger partial charge in [0.2, 0.25) is 0 Å². The Hall–Kier alpha value is -2.41. The van der Waals surface area contributed by atoms with E-state index in [1.54, 1.807) is 12.1 Å². The van der Waals surface area contributed by atoms with E-state index in [1.807, 2.05) is 0 Å². The van der Waals surface area contributed by atoms with Crippen molar-refractivity contribution >= 4 is 23.6 Å². The van der Waals surface area contributed by atoms with Crippen LogP contribution in [-0.4, -0.2) is 35.7 Å². The van der Waals surface area contributed by atoms with Gasteiger partial charge in [0.15, 0.2) is 0 Å². The Kier molecular flexibility index (Phi) is 5.03. The molecule has 1 heterocycles. The Morgan fingerprint density at radius 1 is 1.04 bits per heavy atom. The molecule has 2 atom stereocenters. The Morgan fingerprint density at radius 3 is 2.16 bits per heavy atom. The number of carbonyl (C=O) groups excluding carboxylic acids is 2. The van der Waals surface area contributed by atoms with E-state index in [-0.39, 0.29) is 11.4 Å². The van der Waals surface area contributed by atoms with Crippen molar-refractivity contribution in [2.24, 2.45) is 0 Å². The number of esters is 1. The third-order valence-electron chi connectivity index (χ3n) is 3.95. The van der Waals surface area contributed by atoms with Crippen LogP contribution in [0.1, 0.15) is 21.3 Å². The molecule has 0 N–H and O–H groups in total. The first-order valence-electron chi connectivity index (χ1n) is 7.54. The number of rotatable bonds is 3. The zero-order chi connectivity index (χ0) is 18.0. The number of methoxy groups -OCH3 is 1. The molecular weight excluding hydrogens is 348 g/mol. The SMILES string of the molecule is COC(=O)C1CSC(c2ccc(F)cc2)N1C(=O)c1ccc(F)cc1. The first-order valence-corrected chi connectivity index (χ1v) is 8.59. The number of thioether (sulfide) groups is 1. The second kappa shape index (κ2) is 7.23. The maximum absolute atomic E-state index is 13.2. The molecule has 2 aromatic carbocycles. The summed E-state index contributed by atoms with van der Waals surface area (Å²) >= 11 is 1.40. The predicted molar refractivity (Wildman–Crippen MR) is 90.0 cm³/mol. The third kappa shape index (κ3) is 3.51. The van der Waals surface area contributed by atoms with E-state index in [0.717, 1.165) is 0 Å². The number of nitrogens with zero attached hydrogens (tertiary/aromatic N) is 1. The average Bonchev–Trinajstić information content (AvgIpc) is 3.06. The van der Waals surface area contributed by atoms with Gasteiger partial charge in [0.1, 0.15) is 23.1 Å². The minimum absolute atomic E-state index is 0.268. The number of benzene rings is 2. The maximum Gasteiger partial charge on any atom is 0.329 e. The van der Waals surface area contributed by atoms with Crippen LogP contribution in [-0.2, 0) is 9.53 Å². The molecule has 1 saturated heterocycles. The van der Waals surface area contributed by atoms with Gasteiger partial charge in [-0.15, -0.1) is 11.8 Å². The largest absolute Gasteiger partial charge is 0.467 e. The van der Waals surface area contributed by atoms with Crippen molar-refractivity contribution in [3.8, 4) is 0 Å². The van der Waals surface area contributed by atoms with E-state index >= 15 is 0 Å². The molecule has 1 amide bonds. The molecule has 0 saturated carbocycles. The van der Waals surface area contributed by atoms with Crippen LogP contribution in [0.4, 0.5) is 8.78 Å². The van der Waals surface area contributed by atoms with Crippen LogP contribution in [0.25, 0.3) is 0 Å². The number of hydrogen-bond donors (Lipinski definition) is 0. The second-order valence-corrected chi connectivity index (χ2v) is 6.61. The topological polar surface area (TPSA) is 46.6 Å². The summed E-state index contributed by atoms with van der Waals surface area (Å²) in [6.07, 6.45) is 0. The van der Waals surface area contributed by atoms with E-state index in [4.69, 9.17) is 4.74 Å². The number of amides is 1. The van der Waals surface area contributed by atoms with Gasteiger partial charge in [0.05, 0.1) is 7.11 Å².